The van der Waals surface area contributed by atoms with E-state index in [9.17, 15) is 9.59 Å². The van der Waals surface area contributed by atoms with Gasteiger partial charge in [0.15, 0.2) is 0 Å². The maximum absolute atomic E-state index is 12.7. The number of amides is 2. The maximum Gasteiger partial charge on any atom is 0.436 e. The lowest BCUT2D eigenvalue weighted by Crippen LogP contribution is -2.40. The molecule has 4 heterocycles. The third kappa shape index (κ3) is 5.62. The Kier molecular flexibility index (Phi) is 8.25. The van der Waals surface area contributed by atoms with Crippen LogP contribution in [0.3, 0.4) is 0 Å². The number of hydrogen-bond donors (Lipinski definition) is 2. The molecule has 0 aromatic rings. The smallest absolute Gasteiger partial charge is 0.436 e. The number of nitrogens with one attached hydrogen (secondary N) is 2. The molecule has 2 N–H and O–H groups in total. The van der Waals surface area contributed by atoms with Crippen molar-refractivity contribution in [3.63, 3.8) is 0 Å². The van der Waals surface area contributed by atoms with Crippen LogP contribution in [0.1, 0.15) is 78.1 Å². The fraction of sp³-hybridized carbons (Fsp3) is 0.667. The highest BCUT2D eigenvalue weighted by atomic mass is 16.7. The number of nitrogens with zero attached hydrogens (tertiary/aromatic N) is 4. The fourth-order valence-electron chi connectivity index (χ4n) is 10.3. The third-order valence-electron chi connectivity index (χ3n) is 12.2. The lowest BCUT2D eigenvalue weighted by atomic mass is 9.61. The van der Waals surface area contributed by atoms with Crippen molar-refractivity contribution in [2.24, 2.45) is 44.7 Å². The standard InChI is InChI=1S/C36H48N6O7/c1-21-5-7-29-35(17-21)9-11-41(45-3)19-23-13-25(15-27(47-29)31(23)35)37-39-33(43)49-34(44)40-38-26-14-24-20-42(46-4)12-10-36-18-22(2)6-8-30(36)48-28(16-26)32(24)36/h9-12,21-24,29-30H,5-8,13-20H2,1-4H3,(H,39,43)(H,40,44). The van der Waals surface area contributed by atoms with Gasteiger partial charge in [0.1, 0.15) is 23.7 Å². The number of hydrogen-bond acceptors (Lipinski definition) is 11. The van der Waals surface area contributed by atoms with Crippen molar-refractivity contribution in [3.8, 4) is 0 Å². The van der Waals surface area contributed by atoms with Crippen molar-refractivity contribution in [3.05, 3.63) is 47.2 Å². The van der Waals surface area contributed by atoms with Gasteiger partial charge in [-0.05, 0) is 74.3 Å². The van der Waals surface area contributed by atoms with Gasteiger partial charge >= 0.3 is 12.2 Å². The largest absolute Gasteiger partial charge is 0.493 e. The summed E-state index contributed by atoms with van der Waals surface area (Å²) in [5, 5.41) is 12.5. The van der Waals surface area contributed by atoms with Crippen molar-refractivity contribution in [1.82, 2.24) is 21.0 Å². The predicted octanol–water partition coefficient (Wildman–Crippen LogP) is 5.65. The van der Waals surface area contributed by atoms with Crippen LogP contribution in [0.4, 0.5) is 9.59 Å². The van der Waals surface area contributed by atoms with Gasteiger partial charge in [0.25, 0.3) is 0 Å². The van der Waals surface area contributed by atoms with Gasteiger partial charge in [0.05, 0.1) is 38.1 Å². The molecule has 49 heavy (non-hydrogen) atoms. The monoisotopic (exact) mass is 676 g/mol. The summed E-state index contributed by atoms with van der Waals surface area (Å²) in [5.41, 5.74) is 8.81. The molecule has 0 saturated heterocycles. The van der Waals surface area contributed by atoms with E-state index >= 15 is 0 Å². The van der Waals surface area contributed by atoms with Crippen LogP contribution in [0, 0.1) is 34.5 Å². The van der Waals surface area contributed by atoms with Crippen LogP contribution in [0.25, 0.3) is 0 Å². The summed E-state index contributed by atoms with van der Waals surface area (Å²) in [4.78, 5) is 36.6. The van der Waals surface area contributed by atoms with Crippen LogP contribution < -0.4 is 10.9 Å². The summed E-state index contributed by atoms with van der Waals surface area (Å²) in [5.74, 6) is 3.37. The lowest BCUT2D eigenvalue weighted by Gasteiger charge is -2.41. The zero-order chi connectivity index (χ0) is 33.9. The second-order valence-electron chi connectivity index (χ2n) is 15.3. The average molecular weight is 677 g/mol. The van der Waals surface area contributed by atoms with Crippen molar-refractivity contribution >= 4 is 23.6 Å². The Balaban J connectivity index is 0.911. The molecule has 13 heteroatoms. The molecule has 4 aliphatic heterocycles. The first kappa shape index (κ1) is 32.4. The van der Waals surface area contributed by atoms with Gasteiger partial charge in [-0.1, -0.05) is 26.0 Å². The SMILES string of the molecule is CON1C=CC23CC(C)CCC2OC2=C3C(CC(=NNC(=O)OC(=O)NN=C3CC4=C5C(C3)CN(OC)C=CC53CC(C)CCC3O4)C2)C1. The van der Waals surface area contributed by atoms with E-state index in [2.05, 4.69) is 47.1 Å². The van der Waals surface area contributed by atoms with Crippen molar-refractivity contribution < 1.29 is 33.5 Å². The lowest BCUT2D eigenvalue weighted by molar-refractivity contribution is -0.0933. The summed E-state index contributed by atoms with van der Waals surface area (Å²) < 4.78 is 18.1. The highest BCUT2D eigenvalue weighted by Gasteiger charge is 2.57. The minimum atomic E-state index is -0.976. The topological polar surface area (TPSA) is 136 Å². The van der Waals surface area contributed by atoms with Gasteiger partial charge in [-0.25, -0.2) is 20.4 Å². The second kappa shape index (κ2) is 12.5. The molecule has 2 amide bonds. The molecule has 0 bridgehead atoms. The highest BCUT2D eigenvalue weighted by molar-refractivity contribution is 5.92. The third-order valence-corrected chi connectivity index (χ3v) is 12.2. The number of carbonyl (C=O) groups is 2. The minimum absolute atomic E-state index is 0.103. The quantitative estimate of drug-likeness (QED) is 0.286. The summed E-state index contributed by atoms with van der Waals surface area (Å²) in [6, 6.07) is 0. The first-order valence-electron chi connectivity index (χ1n) is 17.9. The molecule has 0 aromatic heterocycles. The fourth-order valence-corrected chi connectivity index (χ4v) is 10.3. The minimum Gasteiger partial charge on any atom is -0.493 e. The summed E-state index contributed by atoms with van der Waals surface area (Å²) in [6.07, 6.45) is 15.6. The first-order chi connectivity index (χ1) is 23.7. The molecule has 2 saturated carbocycles. The maximum atomic E-state index is 12.7. The van der Waals surface area contributed by atoms with Crippen LogP contribution in [0.2, 0.25) is 0 Å². The van der Waals surface area contributed by atoms with E-state index in [1.165, 1.54) is 11.1 Å². The van der Waals surface area contributed by atoms with E-state index in [4.69, 9.17) is 23.9 Å². The van der Waals surface area contributed by atoms with Gasteiger partial charge in [-0.2, -0.15) is 10.2 Å². The molecular formula is C36H48N6O7. The number of ether oxygens (including phenoxy) is 3. The van der Waals surface area contributed by atoms with E-state index in [0.717, 1.165) is 61.5 Å². The van der Waals surface area contributed by atoms with Gasteiger partial charge in [-0.3, -0.25) is 19.8 Å². The Labute approximate surface area is 287 Å². The Morgan fingerprint density at radius 2 is 1.20 bits per heavy atom. The predicted molar refractivity (Wildman–Crippen MR) is 179 cm³/mol. The van der Waals surface area contributed by atoms with Crippen molar-refractivity contribution in [2.75, 3.05) is 27.3 Å². The Hall–Kier alpha value is -3.84. The summed E-state index contributed by atoms with van der Waals surface area (Å²) in [7, 11) is 3.36. The number of hydroxylamine groups is 4. The molecule has 264 valence electrons. The molecule has 8 rings (SSSR count). The summed E-state index contributed by atoms with van der Waals surface area (Å²) in [6.45, 7) is 5.95. The average Bonchev–Trinajstić information content (AvgIpc) is 3.45. The number of hydrazone groups is 2. The summed E-state index contributed by atoms with van der Waals surface area (Å²) >= 11 is 0. The molecule has 8 aliphatic rings. The van der Waals surface area contributed by atoms with E-state index in [1.54, 1.807) is 14.2 Å². The van der Waals surface area contributed by atoms with Gasteiger partial charge in [0, 0.05) is 48.5 Å². The second-order valence-corrected chi connectivity index (χ2v) is 15.3. The first-order valence-corrected chi connectivity index (χ1v) is 17.9. The molecular weight excluding hydrogens is 628 g/mol. The number of rotatable bonds is 4. The molecule has 0 radical (unpaired) electrons. The van der Waals surface area contributed by atoms with E-state index in [1.807, 2.05) is 22.5 Å². The van der Waals surface area contributed by atoms with Gasteiger partial charge in [-0.15, -0.1) is 0 Å². The highest BCUT2D eigenvalue weighted by Crippen LogP contribution is 2.60. The zero-order valence-electron chi connectivity index (χ0n) is 28.9. The molecule has 8 atom stereocenters. The number of carbonyl (C=O) groups excluding carboxylic acids is 2. The van der Waals surface area contributed by atoms with E-state index in [-0.39, 0.29) is 34.9 Å². The number of allylic oxidation sites excluding steroid dienone is 2. The van der Waals surface area contributed by atoms with Crippen LogP contribution >= 0.6 is 0 Å². The van der Waals surface area contributed by atoms with Crippen molar-refractivity contribution in [2.45, 2.75) is 90.3 Å². The van der Waals surface area contributed by atoms with Crippen LogP contribution in [-0.4, -0.2) is 73.3 Å². The molecule has 8 unspecified atom stereocenters. The van der Waals surface area contributed by atoms with Crippen LogP contribution in [-0.2, 0) is 23.9 Å². The molecule has 2 fully saturated rings. The molecule has 0 aromatic carbocycles. The Morgan fingerprint density at radius 3 is 1.63 bits per heavy atom. The molecule has 13 nitrogen and oxygen atoms in total. The molecule has 2 spiro atoms. The van der Waals surface area contributed by atoms with Crippen molar-refractivity contribution in [1.29, 1.82) is 0 Å². The normalized spacial score (nSPS) is 38.9. The van der Waals surface area contributed by atoms with E-state index in [0.29, 0.717) is 50.6 Å². The Bertz CT molecular complexity index is 1470. The van der Waals surface area contributed by atoms with E-state index < -0.39 is 12.2 Å². The van der Waals surface area contributed by atoms with Gasteiger partial charge in [0.2, 0.25) is 0 Å². The Morgan fingerprint density at radius 1 is 0.755 bits per heavy atom. The van der Waals surface area contributed by atoms with Crippen LogP contribution in [0.15, 0.2) is 57.4 Å². The van der Waals surface area contributed by atoms with Crippen LogP contribution in [0.5, 0.6) is 0 Å². The molecule has 4 aliphatic carbocycles. The van der Waals surface area contributed by atoms with Gasteiger partial charge < -0.3 is 14.2 Å². The zero-order valence-corrected chi connectivity index (χ0v) is 28.9.